The SMILES string of the molecule is CCn1ncc(OC)c1C(O)COCCOC. The molecule has 0 amide bonds. The van der Waals surface area contributed by atoms with Gasteiger partial charge in [0, 0.05) is 13.7 Å². The van der Waals surface area contributed by atoms with E-state index in [9.17, 15) is 5.11 Å². The number of aliphatic hydroxyl groups is 1. The molecule has 0 aromatic carbocycles. The van der Waals surface area contributed by atoms with E-state index >= 15 is 0 Å². The summed E-state index contributed by atoms with van der Waals surface area (Å²) in [5, 5.41) is 14.1. The van der Waals surface area contributed by atoms with E-state index in [0.717, 1.165) is 0 Å². The normalized spacial score (nSPS) is 12.7. The predicted octanol–water partition coefficient (Wildman–Crippen LogP) is 0.608. The summed E-state index contributed by atoms with van der Waals surface area (Å²) in [5.41, 5.74) is 0.646. The van der Waals surface area contributed by atoms with Gasteiger partial charge in [0.1, 0.15) is 11.8 Å². The summed E-state index contributed by atoms with van der Waals surface area (Å²) in [4.78, 5) is 0. The second kappa shape index (κ2) is 7.26. The van der Waals surface area contributed by atoms with Gasteiger partial charge in [-0.25, -0.2) is 0 Å². The summed E-state index contributed by atoms with van der Waals surface area (Å²) < 4.78 is 17.0. The highest BCUT2D eigenvalue weighted by Crippen LogP contribution is 2.24. The standard InChI is InChI=1S/C11H20N2O4/c1-4-13-11(10(16-3)7-12-13)9(14)8-17-6-5-15-2/h7,9,14H,4-6,8H2,1-3H3. The third-order valence-electron chi connectivity index (χ3n) is 2.39. The Morgan fingerprint density at radius 3 is 2.76 bits per heavy atom. The van der Waals surface area contributed by atoms with Gasteiger partial charge in [-0.3, -0.25) is 4.68 Å². The van der Waals surface area contributed by atoms with Crippen molar-refractivity contribution < 1.29 is 19.3 Å². The highest BCUT2D eigenvalue weighted by molar-refractivity contribution is 5.27. The first-order valence-electron chi connectivity index (χ1n) is 5.59. The molecular formula is C11H20N2O4. The summed E-state index contributed by atoms with van der Waals surface area (Å²) in [6.45, 7) is 3.79. The number of rotatable bonds is 8. The van der Waals surface area contributed by atoms with Crippen LogP contribution in [0.1, 0.15) is 18.7 Å². The lowest BCUT2D eigenvalue weighted by molar-refractivity contribution is 0.00859. The van der Waals surface area contributed by atoms with Crippen LogP contribution in [-0.2, 0) is 16.0 Å². The van der Waals surface area contributed by atoms with Gasteiger partial charge >= 0.3 is 0 Å². The lowest BCUT2D eigenvalue weighted by Gasteiger charge is -2.14. The van der Waals surface area contributed by atoms with Crippen LogP contribution in [0.2, 0.25) is 0 Å². The van der Waals surface area contributed by atoms with E-state index in [1.54, 1.807) is 25.1 Å². The molecule has 0 aliphatic carbocycles. The summed E-state index contributed by atoms with van der Waals surface area (Å²) in [6, 6.07) is 0. The van der Waals surface area contributed by atoms with Crippen molar-refractivity contribution in [2.24, 2.45) is 0 Å². The number of methoxy groups -OCH3 is 2. The van der Waals surface area contributed by atoms with Gasteiger partial charge in [0.2, 0.25) is 0 Å². The minimum atomic E-state index is -0.746. The molecule has 1 heterocycles. The van der Waals surface area contributed by atoms with Crippen LogP contribution in [0, 0.1) is 0 Å². The summed E-state index contributed by atoms with van der Waals surface area (Å²) in [5.74, 6) is 0.578. The van der Waals surface area contributed by atoms with Crippen LogP contribution in [-0.4, -0.2) is 48.9 Å². The molecule has 1 N–H and O–H groups in total. The minimum Gasteiger partial charge on any atom is -0.493 e. The zero-order valence-corrected chi connectivity index (χ0v) is 10.5. The number of ether oxygens (including phenoxy) is 3. The zero-order chi connectivity index (χ0) is 12.7. The van der Waals surface area contributed by atoms with E-state index in [2.05, 4.69) is 5.10 Å². The number of aromatic nitrogens is 2. The van der Waals surface area contributed by atoms with Gasteiger partial charge in [-0.1, -0.05) is 0 Å². The largest absolute Gasteiger partial charge is 0.493 e. The van der Waals surface area contributed by atoms with Crippen molar-refractivity contribution in [3.05, 3.63) is 11.9 Å². The average Bonchev–Trinajstić information content (AvgIpc) is 2.77. The van der Waals surface area contributed by atoms with Gasteiger partial charge in [-0.15, -0.1) is 0 Å². The van der Waals surface area contributed by atoms with Gasteiger partial charge in [-0.05, 0) is 6.92 Å². The fourth-order valence-corrected chi connectivity index (χ4v) is 1.54. The van der Waals surface area contributed by atoms with E-state index < -0.39 is 6.10 Å². The molecule has 1 atom stereocenters. The Kier molecular flexibility index (Phi) is 5.96. The molecule has 1 rings (SSSR count). The number of nitrogens with zero attached hydrogens (tertiary/aromatic N) is 2. The zero-order valence-electron chi connectivity index (χ0n) is 10.5. The van der Waals surface area contributed by atoms with E-state index in [-0.39, 0.29) is 6.61 Å². The lowest BCUT2D eigenvalue weighted by atomic mass is 10.2. The quantitative estimate of drug-likeness (QED) is 0.679. The fourth-order valence-electron chi connectivity index (χ4n) is 1.54. The molecule has 0 bridgehead atoms. The van der Waals surface area contributed by atoms with Crippen LogP contribution in [0.25, 0.3) is 0 Å². The first-order valence-corrected chi connectivity index (χ1v) is 5.59. The van der Waals surface area contributed by atoms with Gasteiger partial charge in [-0.2, -0.15) is 5.10 Å². The van der Waals surface area contributed by atoms with Crippen LogP contribution in [0.5, 0.6) is 5.75 Å². The maximum atomic E-state index is 10.0. The molecule has 98 valence electrons. The lowest BCUT2D eigenvalue weighted by Crippen LogP contribution is -2.15. The van der Waals surface area contributed by atoms with E-state index in [4.69, 9.17) is 14.2 Å². The molecular weight excluding hydrogens is 224 g/mol. The maximum Gasteiger partial charge on any atom is 0.162 e. The summed E-state index contributed by atoms with van der Waals surface area (Å²) in [6.07, 6.45) is 0.848. The number of aryl methyl sites for hydroxylation is 1. The molecule has 17 heavy (non-hydrogen) atoms. The second-order valence-electron chi connectivity index (χ2n) is 3.50. The van der Waals surface area contributed by atoms with Gasteiger partial charge in [0.25, 0.3) is 0 Å². The molecule has 0 spiro atoms. The molecule has 0 radical (unpaired) electrons. The van der Waals surface area contributed by atoms with Crippen molar-refractivity contribution in [2.45, 2.75) is 19.6 Å². The van der Waals surface area contributed by atoms with Crippen molar-refractivity contribution in [3.8, 4) is 5.75 Å². The van der Waals surface area contributed by atoms with Crippen molar-refractivity contribution in [3.63, 3.8) is 0 Å². The monoisotopic (exact) mass is 244 g/mol. The molecule has 0 fully saturated rings. The maximum absolute atomic E-state index is 10.0. The van der Waals surface area contributed by atoms with Gasteiger partial charge < -0.3 is 19.3 Å². The minimum absolute atomic E-state index is 0.200. The Bertz CT molecular complexity index is 306. The molecule has 6 nitrogen and oxygen atoms in total. The molecule has 1 aromatic rings. The number of hydrogen-bond acceptors (Lipinski definition) is 5. The van der Waals surface area contributed by atoms with Crippen LogP contribution in [0.15, 0.2) is 6.20 Å². The van der Waals surface area contributed by atoms with Crippen LogP contribution in [0.4, 0.5) is 0 Å². The molecule has 0 saturated carbocycles. The van der Waals surface area contributed by atoms with Gasteiger partial charge in [0.05, 0.1) is 33.1 Å². The fraction of sp³-hybridized carbons (Fsp3) is 0.727. The second-order valence-corrected chi connectivity index (χ2v) is 3.50. The third-order valence-corrected chi connectivity index (χ3v) is 2.39. The topological polar surface area (TPSA) is 65.7 Å². The molecule has 1 unspecified atom stereocenters. The van der Waals surface area contributed by atoms with E-state index in [0.29, 0.717) is 31.2 Å². The van der Waals surface area contributed by atoms with Gasteiger partial charge in [0.15, 0.2) is 5.75 Å². The van der Waals surface area contributed by atoms with E-state index in [1.807, 2.05) is 6.92 Å². The van der Waals surface area contributed by atoms with Crippen molar-refractivity contribution in [1.82, 2.24) is 9.78 Å². The number of hydrogen-bond donors (Lipinski definition) is 1. The Hall–Kier alpha value is -1.11. The summed E-state index contributed by atoms with van der Waals surface area (Å²) >= 11 is 0. The highest BCUT2D eigenvalue weighted by Gasteiger charge is 2.19. The van der Waals surface area contributed by atoms with E-state index in [1.165, 1.54) is 0 Å². The first kappa shape index (κ1) is 14.0. The Morgan fingerprint density at radius 2 is 2.18 bits per heavy atom. The first-order chi connectivity index (χ1) is 8.24. The Balaban J connectivity index is 2.60. The van der Waals surface area contributed by atoms with Crippen molar-refractivity contribution in [2.75, 3.05) is 34.0 Å². The Morgan fingerprint density at radius 1 is 1.41 bits per heavy atom. The molecule has 1 aromatic heterocycles. The average molecular weight is 244 g/mol. The molecule has 6 heteroatoms. The predicted molar refractivity (Wildman–Crippen MR) is 62.1 cm³/mol. The number of aliphatic hydroxyl groups excluding tert-OH is 1. The summed E-state index contributed by atoms with van der Waals surface area (Å²) in [7, 11) is 3.16. The molecule has 0 saturated heterocycles. The van der Waals surface area contributed by atoms with Crippen LogP contribution < -0.4 is 4.74 Å². The highest BCUT2D eigenvalue weighted by atomic mass is 16.5. The molecule has 0 aliphatic rings. The smallest absolute Gasteiger partial charge is 0.162 e. The molecule has 0 aliphatic heterocycles. The van der Waals surface area contributed by atoms with Crippen molar-refractivity contribution in [1.29, 1.82) is 0 Å². The third kappa shape index (κ3) is 3.69. The Labute approximate surface area is 101 Å². The van der Waals surface area contributed by atoms with Crippen molar-refractivity contribution >= 4 is 0 Å². The van der Waals surface area contributed by atoms with Crippen LogP contribution >= 0.6 is 0 Å². The van der Waals surface area contributed by atoms with Crippen LogP contribution in [0.3, 0.4) is 0 Å².